The van der Waals surface area contributed by atoms with Crippen LogP contribution in [0, 0.1) is 19.7 Å². The van der Waals surface area contributed by atoms with Crippen molar-refractivity contribution in [1.82, 2.24) is 0 Å². The lowest BCUT2D eigenvalue weighted by molar-refractivity contribution is -0.939. The monoisotopic (exact) mass is 439 g/mol. The molecule has 5 nitrogen and oxygen atoms in total. The first-order valence-corrected chi connectivity index (χ1v) is 11.5. The lowest BCUT2D eigenvalue weighted by atomic mass is 10.0. The quantitative estimate of drug-likeness (QED) is 0.498. The fourth-order valence-electron chi connectivity index (χ4n) is 5.49. The van der Waals surface area contributed by atoms with Crippen molar-refractivity contribution in [3.63, 3.8) is 0 Å². The van der Waals surface area contributed by atoms with Gasteiger partial charge in [-0.15, -0.1) is 0 Å². The number of rotatable bonds is 6. The molecule has 0 spiro atoms. The van der Waals surface area contributed by atoms with Crippen LogP contribution in [0.3, 0.4) is 0 Å². The summed E-state index contributed by atoms with van der Waals surface area (Å²) < 4.78 is 19.9. The fourth-order valence-corrected chi connectivity index (χ4v) is 5.49. The number of nitrogens with zero attached hydrogens (tertiary/aromatic N) is 2. The Balaban J connectivity index is 1.52. The van der Waals surface area contributed by atoms with Gasteiger partial charge in [0, 0.05) is 18.7 Å². The van der Waals surface area contributed by atoms with E-state index in [1.807, 2.05) is 44.2 Å². The molecule has 0 bridgehead atoms. The molecule has 2 fully saturated rings. The third-order valence-electron chi connectivity index (χ3n) is 6.96. The van der Waals surface area contributed by atoms with Crippen molar-refractivity contribution in [1.29, 1.82) is 0 Å². The highest BCUT2D eigenvalue weighted by Crippen LogP contribution is 2.35. The van der Waals surface area contributed by atoms with Gasteiger partial charge in [-0.1, -0.05) is 30.3 Å². The van der Waals surface area contributed by atoms with Gasteiger partial charge in [0.05, 0.1) is 13.1 Å². The molecule has 0 radical (unpaired) electrons. The number of benzene rings is 2. The average molecular weight is 440 g/mol. The van der Waals surface area contributed by atoms with Crippen molar-refractivity contribution in [3.8, 4) is 0 Å². The summed E-state index contributed by atoms with van der Waals surface area (Å²) in [6.45, 7) is 6.38. The average Bonchev–Trinajstić information content (AvgIpc) is 3.15. The van der Waals surface area contributed by atoms with Gasteiger partial charge in [0.25, 0.3) is 5.91 Å². The molecule has 4 rings (SSSR count). The lowest BCUT2D eigenvalue weighted by Gasteiger charge is -2.44. The summed E-state index contributed by atoms with van der Waals surface area (Å²) in [4.78, 5) is 28.3. The molecule has 2 aromatic carbocycles. The summed E-state index contributed by atoms with van der Waals surface area (Å²) in [5, 5.41) is 0. The number of quaternary nitrogens is 1. The largest absolute Gasteiger partial charge is 0.457 e. The Morgan fingerprint density at radius 3 is 2.41 bits per heavy atom. The molecular weight excluding hydrogens is 407 g/mol. The highest BCUT2D eigenvalue weighted by atomic mass is 19.1. The van der Waals surface area contributed by atoms with Crippen molar-refractivity contribution in [2.45, 2.75) is 52.2 Å². The van der Waals surface area contributed by atoms with Crippen molar-refractivity contribution < 1.29 is 23.2 Å². The van der Waals surface area contributed by atoms with Gasteiger partial charge in [0.2, 0.25) is 0 Å². The molecule has 6 heteroatoms. The molecule has 1 atom stereocenters. The van der Waals surface area contributed by atoms with Gasteiger partial charge in [0.1, 0.15) is 12.4 Å². The summed E-state index contributed by atoms with van der Waals surface area (Å²) in [6.07, 6.45) is 3.83. The van der Waals surface area contributed by atoms with E-state index in [-0.39, 0.29) is 36.9 Å². The number of anilines is 1. The van der Waals surface area contributed by atoms with E-state index in [0.717, 1.165) is 54.7 Å². The Morgan fingerprint density at radius 1 is 1.09 bits per heavy atom. The predicted octanol–water partition coefficient (Wildman–Crippen LogP) is 4.29. The van der Waals surface area contributed by atoms with Gasteiger partial charge in [-0.2, -0.15) is 0 Å². The van der Waals surface area contributed by atoms with E-state index in [4.69, 9.17) is 4.74 Å². The first-order chi connectivity index (χ1) is 15.4. The van der Waals surface area contributed by atoms with Crippen LogP contribution in [0.2, 0.25) is 0 Å². The van der Waals surface area contributed by atoms with Crippen molar-refractivity contribution in [3.05, 3.63) is 65.0 Å². The maximum Gasteiger partial charge on any atom is 0.362 e. The highest BCUT2D eigenvalue weighted by Gasteiger charge is 2.50. The van der Waals surface area contributed by atoms with Crippen LogP contribution in [0.5, 0.6) is 0 Å². The molecule has 32 heavy (non-hydrogen) atoms. The zero-order chi connectivity index (χ0) is 22.7. The second-order valence-corrected chi connectivity index (χ2v) is 9.21. The SMILES string of the molecule is Cc1cc(F)cc(C)c1N1CCC([N+]2(CC(=O)OCc3ccccc3)CCCCC2)C1=O. The number of likely N-dealkylation sites (tertiary alicyclic amines) is 1. The molecule has 2 aromatic rings. The summed E-state index contributed by atoms with van der Waals surface area (Å²) in [5.41, 5.74) is 3.30. The molecule has 0 saturated carbocycles. The predicted molar refractivity (Wildman–Crippen MR) is 122 cm³/mol. The molecular formula is C26H32FN2O3+. The fraction of sp³-hybridized carbons (Fsp3) is 0.462. The van der Waals surface area contributed by atoms with Gasteiger partial charge in [-0.3, -0.25) is 4.79 Å². The Morgan fingerprint density at radius 2 is 1.75 bits per heavy atom. The minimum atomic E-state index is -0.285. The number of hydrogen-bond donors (Lipinski definition) is 0. The molecule has 170 valence electrons. The van der Waals surface area contributed by atoms with Crippen molar-refractivity contribution in [2.24, 2.45) is 0 Å². The van der Waals surface area contributed by atoms with Crippen LogP contribution < -0.4 is 4.90 Å². The van der Waals surface area contributed by atoms with Crippen LogP contribution in [0.4, 0.5) is 10.1 Å². The molecule has 2 saturated heterocycles. The number of esters is 1. The number of aryl methyl sites for hydroxylation is 2. The second-order valence-electron chi connectivity index (χ2n) is 9.21. The maximum absolute atomic E-state index is 13.8. The minimum absolute atomic E-state index is 0.0422. The second kappa shape index (κ2) is 9.41. The molecule has 0 aromatic heterocycles. The molecule has 1 unspecified atom stereocenters. The number of carbonyl (C=O) groups excluding carboxylic acids is 2. The van der Waals surface area contributed by atoms with Crippen LogP contribution in [0.1, 0.15) is 42.4 Å². The van der Waals surface area contributed by atoms with Gasteiger partial charge < -0.3 is 14.1 Å². The molecule has 2 aliphatic rings. The Kier molecular flexibility index (Phi) is 6.60. The Labute approximate surface area is 189 Å². The number of halogens is 1. The van der Waals surface area contributed by atoms with Gasteiger partial charge in [-0.25, -0.2) is 9.18 Å². The van der Waals surface area contributed by atoms with Crippen LogP contribution in [0.15, 0.2) is 42.5 Å². The number of amides is 1. The maximum atomic E-state index is 13.8. The molecule has 0 aliphatic carbocycles. The van der Waals surface area contributed by atoms with E-state index in [1.54, 1.807) is 4.90 Å². The zero-order valence-corrected chi connectivity index (χ0v) is 19.0. The minimum Gasteiger partial charge on any atom is -0.457 e. The van der Waals surface area contributed by atoms with E-state index >= 15 is 0 Å². The van der Waals surface area contributed by atoms with Crippen LogP contribution in [-0.2, 0) is 20.9 Å². The third-order valence-corrected chi connectivity index (χ3v) is 6.96. The number of hydrogen-bond acceptors (Lipinski definition) is 3. The van der Waals surface area contributed by atoms with Crippen LogP contribution in [0.25, 0.3) is 0 Å². The topological polar surface area (TPSA) is 46.6 Å². The summed E-state index contributed by atoms with van der Waals surface area (Å²) in [5.74, 6) is -0.496. The van der Waals surface area contributed by atoms with Gasteiger partial charge in [0.15, 0.2) is 12.6 Å². The van der Waals surface area contributed by atoms with Crippen molar-refractivity contribution >= 4 is 17.6 Å². The van der Waals surface area contributed by atoms with E-state index in [0.29, 0.717) is 17.4 Å². The van der Waals surface area contributed by atoms with E-state index in [2.05, 4.69) is 0 Å². The highest BCUT2D eigenvalue weighted by molar-refractivity contribution is 6.00. The Bertz CT molecular complexity index is 963. The van der Waals surface area contributed by atoms with Crippen LogP contribution >= 0.6 is 0 Å². The van der Waals surface area contributed by atoms with E-state index in [9.17, 15) is 14.0 Å². The number of ether oxygens (including phenoxy) is 1. The van der Waals surface area contributed by atoms with Crippen molar-refractivity contribution in [2.75, 3.05) is 31.1 Å². The van der Waals surface area contributed by atoms with Gasteiger partial charge in [-0.05, 0) is 61.9 Å². The summed E-state index contributed by atoms with van der Waals surface area (Å²) >= 11 is 0. The molecule has 2 heterocycles. The van der Waals surface area contributed by atoms with Gasteiger partial charge >= 0.3 is 5.97 Å². The smallest absolute Gasteiger partial charge is 0.362 e. The van der Waals surface area contributed by atoms with Crippen LogP contribution in [-0.4, -0.2) is 48.6 Å². The number of carbonyl (C=O) groups is 2. The first kappa shape index (κ1) is 22.5. The summed E-state index contributed by atoms with van der Waals surface area (Å²) in [7, 11) is 0. The standard InChI is InChI=1S/C26H32FN2O3/c1-19-15-22(27)16-20(2)25(19)28-12-11-23(26(28)31)29(13-7-4-8-14-29)17-24(30)32-18-21-9-5-3-6-10-21/h3,5-6,9-10,15-16,23H,4,7-8,11-14,17-18H2,1-2H3/q+1. The molecule has 2 aliphatic heterocycles. The third kappa shape index (κ3) is 4.56. The Hall–Kier alpha value is -2.73. The first-order valence-electron chi connectivity index (χ1n) is 11.5. The lowest BCUT2D eigenvalue weighted by Crippen LogP contribution is -2.62. The summed E-state index contributed by atoms with van der Waals surface area (Å²) in [6, 6.07) is 12.4. The van der Waals surface area contributed by atoms with E-state index < -0.39 is 0 Å². The molecule has 1 amide bonds. The normalized spacial score (nSPS) is 20.4. The number of piperidine rings is 1. The van der Waals surface area contributed by atoms with E-state index in [1.165, 1.54) is 12.1 Å². The molecule has 0 N–H and O–H groups in total. The zero-order valence-electron chi connectivity index (χ0n) is 19.0.